The third-order valence-electron chi connectivity index (χ3n) is 5.98. The molecule has 6 heteroatoms. The van der Waals surface area contributed by atoms with E-state index in [0.29, 0.717) is 18.8 Å². The maximum absolute atomic E-state index is 13.0. The van der Waals surface area contributed by atoms with Crippen molar-refractivity contribution in [3.05, 3.63) is 59.5 Å². The van der Waals surface area contributed by atoms with Gasteiger partial charge in [0.2, 0.25) is 0 Å². The van der Waals surface area contributed by atoms with Gasteiger partial charge in [-0.2, -0.15) is 0 Å². The van der Waals surface area contributed by atoms with Crippen LogP contribution in [0.5, 0.6) is 0 Å². The molecule has 2 aromatic rings. The van der Waals surface area contributed by atoms with Crippen LogP contribution in [0.3, 0.4) is 0 Å². The highest BCUT2D eigenvalue weighted by Crippen LogP contribution is 2.44. The first-order valence-electron chi connectivity index (χ1n) is 10.2. The Morgan fingerprint density at radius 1 is 1.00 bits per heavy atom. The van der Waals surface area contributed by atoms with Gasteiger partial charge in [0.1, 0.15) is 0 Å². The average molecular weight is 413 g/mol. The first-order valence-corrected chi connectivity index (χ1v) is 11.2. The summed E-state index contributed by atoms with van der Waals surface area (Å²) in [6.07, 6.45) is 3.11. The minimum Gasteiger partial charge on any atom is -0.459 e. The third kappa shape index (κ3) is 3.82. The summed E-state index contributed by atoms with van der Waals surface area (Å²) < 4.78 is 5.33. The zero-order valence-electron chi connectivity index (χ0n) is 17.3. The van der Waals surface area contributed by atoms with Crippen molar-refractivity contribution in [2.45, 2.75) is 43.9 Å². The van der Waals surface area contributed by atoms with Gasteiger partial charge in [0.15, 0.2) is 5.76 Å². The van der Waals surface area contributed by atoms with Gasteiger partial charge >= 0.3 is 0 Å². The van der Waals surface area contributed by atoms with Crippen LogP contribution in [0.25, 0.3) is 0 Å². The molecule has 0 atom stereocenters. The lowest BCUT2D eigenvalue weighted by atomic mass is 9.86. The molecule has 2 aliphatic rings. The molecule has 2 saturated heterocycles. The molecule has 5 nitrogen and oxygen atoms in total. The minimum atomic E-state index is -0.225. The fraction of sp³-hybridized carbons (Fsp3) is 0.478. The molecule has 4 rings (SSSR count). The molecular weight excluding hydrogens is 384 g/mol. The topological polar surface area (TPSA) is 53.8 Å². The Labute approximate surface area is 176 Å². The van der Waals surface area contributed by atoms with E-state index in [1.807, 2.05) is 33.7 Å². The SMILES string of the molecule is CC(C)(C)c1ccc(C(=O)N2CCC3(CC2)SCCN3C(=O)c2ccco2)cc1. The zero-order chi connectivity index (χ0) is 20.6. The molecule has 1 spiro atoms. The molecule has 2 amide bonds. The van der Waals surface area contributed by atoms with Crippen LogP contribution in [0, 0.1) is 0 Å². The number of hydrogen-bond donors (Lipinski definition) is 0. The molecule has 1 aromatic heterocycles. The van der Waals surface area contributed by atoms with E-state index in [4.69, 9.17) is 4.42 Å². The second-order valence-corrected chi connectivity index (χ2v) is 10.3. The molecule has 2 aliphatic heterocycles. The van der Waals surface area contributed by atoms with Crippen molar-refractivity contribution in [3.8, 4) is 0 Å². The van der Waals surface area contributed by atoms with Crippen LogP contribution < -0.4 is 0 Å². The van der Waals surface area contributed by atoms with Crippen LogP contribution in [0.2, 0.25) is 0 Å². The Balaban J connectivity index is 1.43. The molecule has 0 unspecified atom stereocenters. The first kappa shape index (κ1) is 20.1. The Kier molecular flexibility index (Phi) is 5.23. The van der Waals surface area contributed by atoms with Crippen molar-refractivity contribution in [1.29, 1.82) is 0 Å². The van der Waals surface area contributed by atoms with Crippen molar-refractivity contribution in [3.63, 3.8) is 0 Å². The van der Waals surface area contributed by atoms with E-state index in [1.165, 1.54) is 11.8 Å². The molecule has 29 heavy (non-hydrogen) atoms. The lowest BCUT2D eigenvalue weighted by Crippen LogP contribution is -2.53. The minimum absolute atomic E-state index is 0.0439. The lowest BCUT2D eigenvalue weighted by molar-refractivity contribution is 0.0477. The smallest absolute Gasteiger partial charge is 0.290 e. The fourth-order valence-electron chi connectivity index (χ4n) is 4.20. The second kappa shape index (κ2) is 7.56. The summed E-state index contributed by atoms with van der Waals surface area (Å²) in [5.74, 6) is 1.35. The molecule has 0 N–H and O–H groups in total. The highest BCUT2D eigenvalue weighted by molar-refractivity contribution is 8.00. The molecule has 0 radical (unpaired) electrons. The maximum atomic E-state index is 13.0. The van der Waals surface area contributed by atoms with E-state index in [1.54, 1.807) is 12.1 Å². The van der Waals surface area contributed by atoms with Crippen LogP contribution in [0.1, 0.15) is 60.1 Å². The van der Waals surface area contributed by atoms with Crippen molar-refractivity contribution in [2.75, 3.05) is 25.4 Å². The molecule has 1 aromatic carbocycles. The van der Waals surface area contributed by atoms with E-state index in [9.17, 15) is 9.59 Å². The summed E-state index contributed by atoms with van der Waals surface area (Å²) >= 11 is 1.84. The Morgan fingerprint density at radius 2 is 1.69 bits per heavy atom. The summed E-state index contributed by atoms with van der Waals surface area (Å²) in [7, 11) is 0. The average Bonchev–Trinajstić information content (AvgIpc) is 3.38. The Morgan fingerprint density at radius 3 is 2.28 bits per heavy atom. The molecule has 0 bridgehead atoms. The number of hydrogen-bond acceptors (Lipinski definition) is 4. The maximum Gasteiger partial charge on any atom is 0.290 e. The normalized spacial score (nSPS) is 19.0. The Bertz CT molecular complexity index is 876. The standard InChI is InChI=1S/C23H28N2O3S/c1-22(2,3)18-8-6-17(7-9-18)20(26)24-12-10-23(11-13-24)25(14-16-29-23)21(27)19-5-4-15-28-19/h4-9,15H,10-14,16H2,1-3H3. The molecule has 0 saturated carbocycles. The van der Waals surface area contributed by atoms with Crippen molar-refractivity contribution in [2.24, 2.45) is 0 Å². The quantitative estimate of drug-likeness (QED) is 0.734. The number of benzene rings is 1. The predicted molar refractivity (Wildman–Crippen MR) is 115 cm³/mol. The van der Waals surface area contributed by atoms with E-state index in [0.717, 1.165) is 30.7 Å². The molecule has 3 heterocycles. The van der Waals surface area contributed by atoms with Gasteiger partial charge in [-0.3, -0.25) is 9.59 Å². The molecule has 154 valence electrons. The van der Waals surface area contributed by atoms with Gasteiger partial charge in [0.25, 0.3) is 11.8 Å². The molecule has 2 fully saturated rings. The van der Waals surface area contributed by atoms with Gasteiger partial charge in [-0.05, 0) is 48.1 Å². The zero-order valence-corrected chi connectivity index (χ0v) is 18.1. The number of piperidine rings is 1. The number of carbonyl (C=O) groups is 2. The van der Waals surface area contributed by atoms with E-state index < -0.39 is 0 Å². The van der Waals surface area contributed by atoms with Crippen molar-refractivity contribution < 1.29 is 14.0 Å². The van der Waals surface area contributed by atoms with Crippen LogP contribution >= 0.6 is 11.8 Å². The largest absolute Gasteiger partial charge is 0.459 e. The summed E-state index contributed by atoms with van der Waals surface area (Å²) in [6, 6.07) is 11.4. The molecule has 0 aliphatic carbocycles. The number of thioether (sulfide) groups is 1. The van der Waals surface area contributed by atoms with E-state index in [-0.39, 0.29) is 22.1 Å². The van der Waals surface area contributed by atoms with Crippen LogP contribution in [-0.4, -0.2) is 51.9 Å². The molecular formula is C23H28N2O3S. The number of carbonyl (C=O) groups excluding carboxylic acids is 2. The number of amides is 2. The highest BCUT2D eigenvalue weighted by atomic mass is 32.2. The summed E-state index contributed by atoms with van der Waals surface area (Å²) in [5.41, 5.74) is 2.03. The van der Waals surface area contributed by atoms with Crippen molar-refractivity contribution in [1.82, 2.24) is 9.80 Å². The summed E-state index contributed by atoms with van der Waals surface area (Å²) in [5, 5.41) is 0. The van der Waals surface area contributed by atoms with Crippen LogP contribution in [-0.2, 0) is 5.41 Å². The third-order valence-corrected chi connectivity index (χ3v) is 7.54. The van der Waals surface area contributed by atoms with Gasteiger partial charge < -0.3 is 14.2 Å². The monoisotopic (exact) mass is 412 g/mol. The van der Waals surface area contributed by atoms with Gasteiger partial charge in [-0.15, -0.1) is 11.8 Å². The lowest BCUT2D eigenvalue weighted by Gasteiger charge is -2.43. The van der Waals surface area contributed by atoms with Gasteiger partial charge in [0, 0.05) is 31.0 Å². The van der Waals surface area contributed by atoms with Crippen LogP contribution in [0.4, 0.5) is 0 Å². The second-order valence-electron chi connectivity index (χ2n) is 8.85. The highest BCUT2D eigenvalue weighted by Gasteiger charge is 2.47. The predicted octanol–water partition coefficient (Wildman–Crippen LogP) is 4.40. The number of furan rings is 1. The van der Waals surface area contributed by atoms with Crippen LogP contribution in [0.15, 0.2) is 47.1 Å². The number of rotatable bonds is 2. The summed E-state index contributed by atoms with van der Waals surface area (Å²) in [6.45, 7) is 8.56. The Hall–Kier alpha value is -2.21. The van der Waals surface area contributed by atoms with Gasteiger partial charge in [-0.25, -0.2) is 0 Å². The van der Waals surface area contributed by atoms with E-state index in [2.05, 4.69) is 32.9 Å². The fourth-order valence-corrected chi connectivity index (χ4v) is 5.65. The van der Waals surface area contributed by atoms with E-state index >= 15 is 0 Å². The first-order chi connectivity index (χ1) is 13.8. The number of likely N-dealkylation sites (tertiary alicyclic amines) is 1. The van der Waals surface area contributed by atoms with Crippen molar-refractivity contribution >= 4 is 23.6 Å². The summed E-state index contributed by atoms with van der Waals surface area (Å²) in [4.78, 5) is 29.5. The number of nitrogens with zero attached hydrogens (tertiary/aromatic N) is 2. The van der Waals surface area contributed by atoms with Gasteiger partial charge in [0.05, 0.1) is 11.1 Å². The van der Waals surface area contributed by atoms with Gasteiger partial charge in [-0.1, -0.05) is 32.9 Å².